The first-order valence-electron chi connectivity index (χ1n) is 6.16. The third-order valence-electron chi connectivity index (χ3n) is 2.89. The summed E-state index contributed by atoms with van der Waals surface area (Å²) in [6.07, 6.45) is 0. The molecule has 0 amide bonds. The lowest BCUT2D eigenvalue weighted by Gasteiger charge is -2.18. The third kappa shape index (κ3) is 3.16. The molecule has 22 heavy (non-hydrogen) atoms. The molecule has 0 bridgehead atoms. The fraction of sp³-hybridized carbons (Fsp3) is 0.143. The molecule has 0 radical (unpaired) electrons. The summed E-state index contributed by atoms with van der Waals surface area (Å²) in [5.74, 6) is -3.43. The van der Waals surface area contributed by atoms with Gasteiger partial charge in [-0.15, -0.1) is 0 Å². The quantitative estimate of drug-likeness (QED) is 0.938. The standard InChI is InChI=1S/C14H13F3N2O2S/c1-19(2)12-7-6-9(15)8-11(12)18-22(20,21)13-5-3-4-10(16)14(13)17/h3-8,18H,1-2H3. The van der Waals surface area contributed by atoms with Crippen molar-refractivity contribution >= 4 is 21.4 Å². The van der Waals surface area contributed by atoms with Crippen molar-refractivity contribution in [3.05, 3.63) is 53.8 Å². The summed E-state index contributed by atoms with van der Waals surface area (Å²) in [6, 6.07) is 6.30. The van der Waals surface area contributed by atoms with Gasteiger partial charge in [-0.3, -0.25) is 4.72 Å². The van der Waals surface area contributed by atoms with Gasteiger partial charge in [-0.05, 0) is 24.3 Å². The van der Waals surface area contributed by atoms with Crippen LogP contribution in [0.2, 0.25) is 0 Å². The topological polar surface area (TPSA) is 49.4 Å². The first-order chi connectivity index (χ1) is 10.2. The molecule has 2 rings (SSSR count). The van der Waals surface area contributed by atoms with Gasteiger partial charge in [0, 0.05) is 20.2 Å². The Labute approximate surface area is 126 Å². The Morgan fingerprint density at radius 2 is 1.73 bits per heavy atom. The monoisotopic (exact) mass is 330 g/mol. The fourth-order valence-corrected chi connectivity index (χ4v) is 3.03. The summed E-state index contributed by atoms with van der Waals surface area (Å²) >= 11 is 0. The van der Waals surface area contributed by atoms with Crippen LogP contribution in [0.1, 0.15) is 0 Å². The van der Waals surface area contributed by atoms with Crippen molar-refractivity contribution in [2.75, 3.05) is 23.7 Å². The molecule has 0 aromatic heterocycles. The van der Waals surface area contributed by atoms with Gasteiger partial charge in [0.05, 0.1) is 11.4 Å². The number of rotatable bonds is 4. The molecular weight excluding hydrogens is 317 g/mol. The van der Waals surface area contributed by atoms with Gasteiger partial charge in [0.2, 0.25) is 0 Å². The lowest BCUT2D eigenvalue weighted by Crippen LogP contribution is -2.18. The van der Waals surface area contributed by atoms with E-state index in [2.05, 4.69) is 4.72 Å². The SMILES string of the molecule is CN(C)c1ccc(F)cc1NS(=O)(=O)c1cccc(F)c1F. The summed E-state index contributed by atoms with van der Waals surface area (Å²) in [4.78, 5) is 0.709. The van der Waals surface area contributed by atoms with Crippen LogP contribution in [0.15, 0.2) is 41.3 Å². The Morgan fingerprint density at radius 3 is 2.36 bits per heavy atom. The molecule has 0 aliphatic carbocycles. The Balaban J connectivity index is 2.50. The zero-order valence-electron chi connectivity index (χ0n) is 11.8. The van der Waals surface area contributed by atoms with Gasteiger partial charge in [0.1, 0.15) is 10.7 Å². The van der Waals surface area contributed by atoms with E-state index in [4.69, 9.17) is 0 Å². The van der Waals surface area contributed by atoms with Gasteiger partial charge in [-0.25, -0.2) is 21.6 Å². The zero-order chi connectivity index (χ0) is 16.5. The highest BCUT2D eigenvalue weighted by atomic mass is 32.2. The van der Waals surface area contributed by atoms with E-state index in [-0.39, 0.29) is 5.69 Å². The normalized spacial score (nSPS) is 11.3. The van der Waals surface area contributed by atoms with Crippen molar-refractivity contribution in [2.45, 2.75) is 4.90 Å². The fourth-order valence-electron chi connectivity index (χ4n) is 1.87. The molecule has 0 saturated heterocycles. The Bertz CT molecular complexity index is 808. The van der Waals surface area contributed by atoms with E-state index in [1.54, 1.807) is 19.0 Å². The van der Waals surface area contributed by atoms with Crippen molar-refractivity contribution in [1.29, 1.82) is 0 Å². The number of hydrogen-bond acceptors (Lipinski definition) is 3. The van der Waals surface area contributed by atoms with Gasteiger partial charge in [-0.1, -0.05) is 6.07 Å². The number of benzene rings is 2. The van der Waals surface area contributed by atoms with Crippen LogP contribution in [0.4, 0.5) is 24.5 Å². The highest BCUT2D eigenvalue weighted by Crippen LogP contribution is 2.28. The Morgan fingerprint density at radius 1 is 1.05 bits per heavy atom. The molecule has 4 nitrogen and oxygen atoms in total. The van der Waals surface area contributed by atoms with E-state index in [0.29, 0.717) is 5.69 Å². The Hall–Kier alpha value is -2.22. The minimum absolute atomic E-state index is 0.0753. The predicted octanol–water partition coefficient (Wildman–Crippen LogP) is 2.97. The van der Waals surface area contributed by atoms with Crippen LogP contribution >= 0.6 is 0 Å². The summed E-state index contributed by atoms with van der Waals surface area (Å²) in [5.41, 5.74) is 0.301. The third-order valence-corrected chi connectivity index (χ3v) is 4.27. The largest absolute Gasteiger partial charge is 0.376 e. The number of nitrogens with one attached hydrogen (secondary N) is 1. The van der Waals surface area contributed by atoms with Gasteiger partial charge in [0.15, 0.2) is 11.6 Å². The number of hydrogen-bond donors (Lipinski definition) is 1. The van der Waals surface area contributed by atoms with Crippen LogP contribution in [0.5, 0.6) is 0 Å². The number of nitrogens with zero attached hydrogens (tertiary/aromatic N) is 1. The minimum atomic E-state index is -4.40. The number of halogens is 3. The van der Waals surface area contributed by atoms with E-state index < -0.39 is 32.4 Å². The average molecular weight is 330 g/mol. The molecule has 8 heteroatoms. The maximum atomic E-state index is 13.7. The highest BCUT2D eigenvalue weighted by molar-refractivity contribution is 7.92. The van der Waals surface area contributed by atoms with Crippen LogP contribution in [-0.2, 0) is 10.0 Å². The molecule has 2 aromatic carbocycles. The smallest absolute Gasteiger partial charge is 0.264 e. The van der Waals surface area contributed by atoms with Gasteiger partial charge in [-0.2, -0.15) is 0 Å². The van der Waals surface area contributed by atoms with Crippen molar-refractivity contribution in [3.63, 3.8) is 0 Å². The summed E-state index contributed by atoms with van der Waals surface area (Å²) in [7, 11) is -1.13. The van der Waals surface area contributed by atoms with Gasteiger partial charge >= 0.3 is 0 Å². The van der Waals surface area contributed by atoms with E-state index >= 15 is 0 Å². The maximum absolute atomic E-state index is 13.7. The van der Waals surface area contributed by atoms with E-state index in [0.717, 1.165) is 30.3 Å². The second-order valence-corrected chi connectivity index (χ2v) is 6.36. The first-order valence-corrected chi connectivity index (χ1v) is 7.64. The van der Waals surface area contributed by atoms with Crippen molar-refractivity contribution in [3.8, 4) is 0 Å². The predicted molar refractivity (Wildman–Crippen MR) is 77.9 cm³/mol. The molecule has 0 saturated carbocycles. The van der Waals surface area contributed by atoms with Crippen LogP contribution in [0, 0.1) is 17.5 Å². The molecule has 118 valence electrons. The molecule has 0 aliphatic rings. The molecule has 0 heterocycles. The molecule has 0 fully saturated rings. The maximum Gasteiger partial charge on any atom is 0.264 e. The molecule has 2 aromatic rings. The van der Waals surface area contributed by atoms with Crippen molar-refractivity contribution < 1.29 is 21.6 Å². The second kappa shape index (κ2) is 5.88. The molecule has 0 spiro atoms. The second-order valence-electron chi connectivity index (χ2n) is 4.71. The van der Waals surface area contributed by atoms with Crippen molar-refractivity contribution in [1.82, 2.24) is 0 Å². The van der Waals surface area contributed by atoms with E-state index in [1.807, 2.05) is 0 Å². The highest BCUT2D eigenvalue weighted by Gasteiger charge is 2.23. The molecule has 0 unspecified atom stereocenters. The number of anilines is 2. The minimum Gasteiger partial charge on any atom is -0.376 e. The lowest BCUT2D eigenvalue weighted by atomic mass is 10.2. The van der Waals surface area contributed by atoms with Crippen LogP contribution in [0.25, 0.3) is 0 Å². The zero-order valence-corrected chi connectivity index (χ0v) is 12.6. The molecular formula is C14H13F3N2O2S. The Kier molecular flexibility index (Phi) is 4.32. The molecule has 0 atom stereocenters. The number of sulfonamides is 1. The summed E-state index contributed by atoms with van der Waals surface area (Å²) in [5, 5.41) is 0. The average Bonchev–Trinajstić information content (AvgIpc) is 2.40. The lowest BCUT2D eigenvalue weighted by molar-refractivity contribution is 0.485. The van der Waals surface area contributed by atoms with Crippen molar-refractivity contribution in [2.24, 2.45) is 0 Å². The summed E-state index contributed by atoms with van der Waals surface area (Å²) < 4.78 is 66.7. The molecule has 0 aliphatic heterocycles. The van der Waals surface area contributed by atoms with E-state index in [9.17, 15) is 21.6 Å². The summed E-state index contributed by atoms with van der Waals surface area (Å²) in [6.45, 7) is 0. The van der Waals surface area contributed by atoms with Crippen LogP contribution in [0.3, 0.4) is 0 Å². The molecule has 1 N–H and O–H groups in total. The van der Waals surface area contributed by atoms with Gasteiger partial charge in [0.25, 0.3) is 10.0 Å². The van der Waals surface area contributed by atoms with Crippen LogP contribution in [-0.4, -0.2) is 22.5 Å². The van der Waals surface area contributed by atoms with Gasteiger partial charge < -0.3 is 4.90 Å². The van der Waals surface area contributed by atoms with E-state index in [1.165, 1.54) is 6.07 Å². The van der Waals surface area contributed by atoms with Crippen LogP contribution < -0.4 is 9.62 Å². The first kappa shape index (κ1) is 16.2.